The highest BCUT2D eigenvalue weighted by Gasteiger charge is 2.08. The van der Waals surface area contributed by atoms with Gasteiger partial charge in [-0.25, -0.2) is 0 Å². The van der Waals surface area contributed by atoms with Crippen molar-refractivity contribution in [2.75, 3.05) is 13.7 Å². The molecule has 2 aromatic rings. The van der Waals surface area contributed by atoms with Crippen LogP contribution in [0.25, 0.3) is 10.8 Å². The van der Waals surface area contributed by atoms with Crippen molar-refractivity contribution in [3.05, 3.63) is 40.8 Å². The van der Waals surface area contributed by atoms with Gasteiger partial charge in [0.1, 0.15) is 12.3 Å². The van der Waals surface area contributed by atoms with Crippen LogP contribution in [0.2, 0.25) is 0 Å². The number of hydrogen-bond donors (Lipinski definition) is 0. The SMILES string of the molecule is CCCCOC(=O)Cn1ccc2cc(OC)ccc2c1=O. The Hall–Kier alpha value is -2.30. The number of fused-ring (bicyclic) bond motifs is 1. The Morgan fingerprint density at radius 2 is 2.10 bits per heavy atom. The van der Waals surface area contributed by atoms with E-state index in [0.717, 1.165) is 18.2 Å². The zero-order valence-corrected chi connectivity index (χ0v) is 12.3. The van der Waals surface area contributed by atoms with Gasteiger partial charge in [-0.1, -0.05) is 13.3 Å². The minimum atomic E-state index is -0.390. The molecule has 21 heavy (non-hydrogen) atoms. The number of ether oxygens (including phenoxy) is 2. The summed E-state index contributed by atoms with van der Waals surface area (Å²) in [6, 6.07) is 7.02. The van der Waals surface area contributed by atoms with Crippen molar-refractivity contribution in [1.29, 1.82) is 0 Å². The first-order valence-corrected chi connectivity index (χ1v) is 6.98. The van der Waals surface area contributed by atoms with Gasteiger partial charge in [-0.05, 0) is 36.1 Å². The number of unbranched alkanes of at least 4 members (excludes halogenated alkanes) is 1. The van der Waals surface area contributed by atoms with Crippen molar-refractivity contribution >= 4 is 16.7 Å². The average Bonchev–Trinajstić information content (AvgIpc) is 2.50. The molecule has 0 N–H and O–H groups in total. The van der Waals surface area contributed by atoms with Gasteiger partial charge in [-0.2, -0.15) is 0 Å². The Balaban J connectivity index is 2.20. The van der Waals surface area contributed by atoms with Crippen LogP contribution in [0.4, 0.5) is 0 Å². The van der Waals surface area contributed by atoms with E-state index < -0.39 is 5.97 Å². The van der Waals surface area contributed by atoms with Crippen molar-refractivity contribution in [3.63, 3.8) is 0 Å². The first-order valence-electron chi connectivity index (χ1n) is 6.98. The first-order chi connectivity index (χ1) is 10.2. The third-order valence-electron chi connectivity index (χ3n) is 3.24. The molecule has 112 valence electrons. The summed E-state index contributed by atoms with van der Waals surface area (Å²) >= 11 is 0. The molecule has 1 aromatic carbocycles. The Labute approximate surface area is 123 Å². The fraction of sp³-hybridized carbons (Fsp3) is 0.375. The number of benzene rings is 1. The van der Waals surface area contributed by atoms with Gasteiger partial charge in [0.05, 0.1) is 13.7 Å². The molecule has 0 unspecified atom stereocenters. The number of rotatable bonds is 6. The lowest BCUT2D eigenvalue weighted by molar-refractivity contribution is -0.144. The van der Waals surface area contributed by atoms with Gasteiger partial charge in [0.2, 0.25) is 0 Å². The van der Waals surface area contributed by atoms with Gasteiger partial charge in [-0.15, -0.1) is 0 Å². The number of nitrogens with zero attached hydrogens (tertiary/aromatic N) is 1. The summed E-state index contributed by atoms with van der Waals surface area (Å²) in [5.74, 6) is 0.303. The molecular weight excluding hydrogens is 270 g/mol. The maximum Gasteiger partial charge on any atom is 0.326 e. The number of carbonyl (C=O) groups is 1. The molecule has 1 aromatic heterocycles. The summed E-state index contributed by atoms with van der Waals surface area (Å²) in [6.07, 6.45) is 3.40. The standard InChI is InChI=1S/C16H19NO4/c1-3-4-9-21-15(18)11-17-8-7-12-10-13(20-2)5-6-14(12)16(17)19/h5-8,10H,3-4,9,11H2,1-2H3. The van der Waals surface area contributed by atoms with Crippen LogP contribution in [0, 0.1) is 0 Å². The van der Waals surface area contributed by atoms with E-state index in [1.54, 1.807) is 37.6 Å². The number of aromatic nitrogens is 1. The van der Waals surface area contributed by atoms with Gasteiger partial charge in [-0.3, -0.25) is 9.59 Å². The van der Waals surface area contributed by atoms with Crippen molar-refractivity contribution in [1.82, 2.24) is 4.57 Å². The van der Waals surface area contributed by atoms with Crippen LogP contribution >= 0.6 is 0 Å². The van der Waals surface area contributed by atoms with E-state index in [9.17, 15) is 9.59 Å². The number of pyridine rings is 1. The molecule has 0 atom stereocenters. The second kappa shape index (κ2) is 6.92. The fourth-order valence-electron chi connectivity index (χ4n) is 2.03. The van der Waals surface area contributed by atoms with Crippen LogP contribution in [0.5, 0.6) is 5.75 Å². The third-order valence-corrected chi connectivity index (χ3v) is 3.24. The first kappa shape index (κ1) is 15.1. The van der Waals surface area contributed by atoms with Crippen LogP contribution in [-0.4, -0.2) is 24.3 Å². The van der Waals surface area contributed by atoms with Crippen molar-refractivity contribution in [2.45, 2.75) is 26.3 Å². The summed E-state index contributed by atoms with van der Waals surface area (Å²) in [5.41, 5.74) is -0.206. The molecule has 0 fully saturated rings. The van der Waals surface area contributed by atoms with E-state index in [-0.39, 0.29) is 12.1 Å². The molecule has 5 heteroatoms. The molecule has 0 spiro atoms. The second-order valence-electron chi connectivity index (χ2n) is 4.78. The van der Waals surface area contributed by atoms with Gasteiger partial charge in [0.15, 0.2) is 0 Å². The zero-order chi connectivity index (χ0) is 15.2. The molecule has 0 aliphatic heterocycles. The Bertz CT molecular complexity index is 690. The zero-order valence-electron chi connectivity index (χ0n) is 12.3. The van der Waals surface area contributed by atoms with Gasteiger partial charge in [0, 0.05) is 11.6 Å². The molecule has 0 aliphatic rings. The van der Waals surface area contributed by atoms with Gasteiger partial charge in [0.25, 0.3) is 5.56 Å². The minimum absolute atomic E-state index is 0.0650. The quantitative estimate of drug-likeness (QED) is 0.605. The lowest BCUT2D eigenvalue weighted by atomic mass is 10.1. The number of methoxy groups -OCH3 is 1. The Morgan fingerprint density at radius 3 is 2.81 bits per heavy atom. The average molecular weight is 289 g/mol. The van der Waals surface area contributed by atoms with Crippen LogP contribution in [0.3, 0.4) is 0 Å². The lowest BCUT2D eigenvalue weighted by Gasteiger charge is -2.08. The Morgan fingerprint density at radius 1 is 1.29 bits per heavy atom. The molecule has 0 amide bonds. The molecule has 0 saturated heterocycles. The van der Waals surface area contributed by atoms with E-state index >= 15 is 0 Å². The topological polar surface area (TPSA) is 57.5 Å². The number of hydrogen-bond acceptors (Lipinski definition) is 4. The van der Waals surface area contributed by atoms with Crippen LogP contribution in [0.1, 0.15) is 19.8 Å². The van der Waals surface area contributed by atoms with Crippen LogP contribution in [0.15, 0.2) is 35.3 Å². The third kappa shape index (κ3) is 3.62. The molecular formula is C16H19NO4. The van der Waals surface area contributed by atoms with E-state index in [1.165, 1.54) is 4.57 Å². The largest absolute Gasteiger partial charge is 0.497 e. The Kier molecular flexibility index (Phi) is 4.98. The maximum atomic E-state index is 12.3. The van der Waals surface area contributed by atoms with E-state index in [1.807, 2.05) is 6.92 Å². The second-order valence-corrected chi connectivity index (χ2v) is 4.78. The molecule has 1 heterocycles. The lowest BCUT2D eigenvalue weighted by Crippen LogP contribution is -2.25. The van der Waals surface area contributed by atoms with E-state index in [2.05, 4.69) is 0 Å². The predicted octanol–water partition coefficient (Wildman–Crippen LogP) is 2.35. The monoisotopic (exact) mass is 289 g/mol. The number of carbonyl (C=O) groups excluding carboxylic acids is 1. The van der Waals surface area contributed by atoms with Crippen molar-refractivity contribution in [2.24, 2.45) is 0 Å². The fourth-order valence-corrected chi connectivity index (χ4v) is 2.03. The summed E-state index contributed by atoms with van der Waals surface area (Å²) < 4.78 is 11.6. The smallest absolute Gasteiger partial charge is 0.326 e. The van der Waals surface area contributed by atoms with Gasteiger partial charge < -0.3 is 14.0 Å². The highest BCUT2D eigenvalue weighted by atomic mass is 16.5. The molecule has 0 aliphatic carbocycles. The van der Waals surface area contributed by atoms with Crippen molar-refractivity contribution < 1.29 is 14.3 Å². The van der Waals surface area contributed by atoms with Gasteiger partial charge >= 0.3 is 5.97 Å². The summed E-state index contributed by atoms with van der Waals surface area (Å²) in [7, 11) is 1.58. The normalized spacial score (nSPS) is 10.6. The molecule has 0 saturated carbocycles. The predicted molar refractivity (Wildman–Crippen MR) is 80.6 cm³/mol. The highest BCUT2D eigenvalue weighted by Crippen LogP contribution is 2.17. The van der Waals surface area contributed by atoms with Crippen LogP contribution in [-0.2, 0) is 16.1 Å². The van der Waals surface area contributed by atoms with E-state index in [0.29, 0.717) is 17.7 Å². The summed E-state index contributed by atoms with van der Waals surface area (Å²) in [5, 5.41) is 1.34. The summed E-state index contributed by atoms with van der Waals surface area (Å²) in [6.45, 7) is 2.36. The van der Waals surface area contributed by atoms with Crippen LogP contribution < -0.4 is 10.3 Å². The molecule has 5 nitrogen and oxygen atoms in total. The highest BCUT2D eigenvalue weighted by molar-refractivity contribution is 5.83. The van der Waals surface area contributed by atoms with E-state index in [4.69, 9.17) is 9.47 Å². The molecule has 2 rings (SSSR count). The van der Waals surface area contributed by atoms with Crippen molar-refractivity contribution in [3.8, 4) is 5.75 Å². The number of esters is 1. The molecule has 0 bridgehead atoms. The molecule has 0 radical (unpaired) electrons. The summed E-state index contributed by atoms with van der Waals surface area (Å²) in [4.78, 5) is 24.0. The minimum Gasteiger partial charge on any atom is -0.497 e. The maximum absolute atomic E-state index is 12.3.